The predicted octanol–water partition coefficient (Wildman–Crippen LogP) is 5.75. The zero-order chi connectivity index (χ0) is 27.5. The maximum absolute atomic E-state index is 14.4. The summed E-state index contributed by atoms with van der Waals surface area (Å²) in [4.78, 5) is 44.2. The Morgan fingerprint density at radius 2 is 1.12 bits per heavy atom. The van der Waals surface area contributed by atoms with Gasteiger partial charge in [0.05, 0.1) is 11.8 Å². The number of para-hydroxylation sites is 1. The standard InChI is InChI=1S/C35H30N2O3/c1-20-11-10-12-21(2)32(20)36-33(38)27(19-22-13-4-3-5-14-22)37-34(39)30-28-23-15-6-7-16-24(23)29(31(30)35(37)40)26-18-9-8-17-25(26)28/h3-18,27-31H,19H2,1-2H3,(H,36,38)/t27-,28?,29?,30-,31+/m1/s1. The molecule has 0 radical (unpaired) electrons. The molecule has 0 spiro atoms. The Balaban J connectivity index is 1.32. The number of benzene rings is 4. The van der Waals surface area contributed by atoms with Gasteiger partial charge in [-0.3, -0.25) is 19.3 Å². The van der Waals surface area contributed by atoms with Gasteiger partial charge in [-0.15, -0.1) is 0 Å². The van der Waals surface area contributed by atoms with Crippen molar-refractivity contribution < 1.29 is 14.4 Å². The summed E-state index contributed by atoms with van der Waals surface area (Å²) in [5.41, 5.74) is 7.97. The van der Waals surface area contributed by atoms with Crippen molar-refractivity contribution >= 4 is 23.4 Å². The number of hydrogen-bond donors (Lipinski definition) is 1. The molecule has 3 amide bonds. The summed E-state index contributed by atoms with van der Waals surface area (Å²) in [5, 5.41) is 3.09. The highest BCUT2D eigenvalue weighted by Gasteiger charge is 2.63. The third-order valence-corrected chi connectivity index (χ3v) is 9.10. The van der Waals surface area contributed by atoms with Gasteiger partial charge in [-0.2, -0.15) is 0 Å². The molecule has 1 N–H and O–H groups in total. The van der Waals surface area contributed by atoms with Crippen LogP contribution < -0.4 is 5.32 Å². The van der Waals surface area contributed by atoms with E-state index in [4.69, 9.17) is 0 Å². The van der Waals surface area contributed by atoms with Crippen LogP contribution in [-0.4, -0.2) is 28.7 Å². The van der Waals surface area contributed by atoms with Gasteiger partial charge in [-0.25, -0.2) is 0 Å². The number of nitrogens with zero attached hydrogens (tertiary/aromatic N) is 1. The minimum absolute atomic E-state index is 0.206. The lowest BCUT2D eigenvalue weighted by atomic mass is 9.55. The van der Waals surface area contributed by atoms with E-state index in [0.717, 1.165) is 44.6 Å². The maximum atomic E-state index is 14.4. The second kappa shape index (κ2) is 9.30. The summed E-state index contributed by atoms with van der Waals surface area (Å²) in [6, 6.07) is 30.9. The minimum atomic E-state index is -0.961. The fourth-order valence-electron chi connectivity index (χ4n) is 7.36. The largest absolute Gasteiger partial charge is 0.324 e. The van der Waals surface area contributed by atoms with Gasteiger partial charge in [0.2, 0.25) is 17.7 Å². The molecule has 3 aliphatic carbocycles. The SMILES string of the molecule is Cc1cccc(C)c1NC(=O)[C@@H](Cc1ccccc1)N1C(=O)[C@@H]2C3c4ccccc4C(c4ccccc43)[C@@H]2C1=O. The topological polar surface area (TPSA) is 66.5 Å². The second-order valence-corrected chi connectivity index (χ2v) is 11.3. The highest BCUT2D eigenvalue weighted by Crippen LogP contribution is 2.61. The smallest absolute Gasteiger partial charge is 0.248 e. The number of nitrogens with one attached hydrogen (secondary N) is 1. The molecule has 0 aromatic heterocycles. The Hall–Kier alpha value is -4.51. The minimum Gasteiger partial charge on any atom is -0.324 e. The number of likely N-dealkylation sites (tertiary alicyclic amines) is 1. The van der Waals surface area contributed by atoms with Crippen LogP contribution in [0.15, 0.2) is 97.1 Å². The first-order chi connectivity index (χ1) is 19.5. The number of rotatable bonds is 5. The number of aryl methyl sites for hydroxylation is 2. The molecule has 1 fully saturated rings. The van der Waals surface area contributed by atoms with Gasteiger partial charge >= 0.3 is 0 Å². The van der Waals surface area contributed by atoms with Crippen LogP contribution in [0.3, 0.4) is 0 Å². The molecule has 5 nitrogen and oxygen atoms in total. The molecule has 1 heterocycles. The number of carbonyl (C=O) groups excluding carboxylic acids is 3. The summed E-state index contributed by atoms with van der Waals surface area (Å²) >= 11 is 0. The Kier molecular flexibility index (Phi) is 5.70. The van der Waals surface area contributed by atoms with E-state index in [2.05, 4.69) is 29.6 Å². The van der Waals surface area contributed by atoms with Gasteiger partial charge in [-0.05, 0) is 52.8 Å². The monoisotopic (exact) mass is 526 g/mol. The van der Waals surface area contributed by atoms with E-state index in [-0.39, 0.29) is 36.0 Å². The summed E-state index contributed by atoms with van der Waals surface area (Å²) in [6.07, 6.45) is 0.254. The van der Waals surface area contributed by atoms with Crippen molar-refractivity contribution in [1.82, 2.24) is 4.90 Å². The number of hydrogen-bond acceptors (Lipinski definition) is 3. The van der Waals surface area contributed by atoms with Crippen molar-refractivity contribution in [3.63, 3.8) is 0 Å². The lowest BCUT2D eigenvalue weighted by Crippen LogP contribution is -2.49. The molecule has 0 unspecified atom stereocenters. The van der Waals surface area contributed by atoms with E-state index in [1.54, 1.807) is 0 Å². The number of carbonyl (C=O) groups is 3. The number of anilines is 1. The molecule has 4 aromatic carbocycles. The van der Waals surface area contributed by atoms with Crippen LogP contribution in [0, 0.1) is 25.7 Å². The van der Waals surface area contributed by atoms with Gasteiger partial charge in [0.15, 0.2) is 0 Å². The number of amides is 3. The zero-order valence-corrected chi connectivity index (χ0v) is 22.5. The van der Waals surface area contributed by atoms with Crippen LogP contribution in [0.1, 0.15) is 50.8 Å². The summed E-state index contributed by atoms with van der Waals surface area (Å²) in [7, 11) is 0. The Morgan fingerprint density at radius 1 is 0.675 bits per heavy atom. The molecule has 5 heteroatoms. The number of imide groups is 1. The average Bonchev–Trinajstić information content (AvgIpc) is 3.24. The highest BCUT2D eigenvalue weighted by molar-refractivity contribution is 6.12. The molecule has 2 bridgehead atoms. The molecular formula is C35H30N2O3. The predicted molar refractivity (Wildman–Crippen MR) is 154 cm³/mol. The van der Waals surface area contributed by atoms with E-state index in [0.29, 0.717) is 0 Å². The van der Waals surface area contributed by atoms with Crippen LogP contribution >= 0.6 is 0 Å². The van der Waals surface area contributed by atoms with Crippen LogP contribution in [0.25, 0.3) is 0 Å². The molecule has 8 rings (SSSR count). The van der Waals surface area contributed by atoms with Crippen molar-refractivity contribution in [2.24, 2.45) is 11.8 Å². The summed E-state index contributed by atoms with van der Waals surface area (Å²) in [5.74, 6) is -2.28. The molecule has 40 heavy (non-hydrogen) atoms. The first kappa shape index (κ1) is 24.5. The average molecular weight is 527 g/mol. The van der Waals surface area contributed by atoms with Crippen molar-refractivity contribution in [2.75, 3.05) is 5.32 Å². The lowest BCUT2D eigenvalue weighted by molar-refractivity contribution is -0.146. The third-order valence-electron chi connectivity index (χ3n) is 9.10. The van der Waals surface area contributed by atoms with Crippen LogP contribution in [0.2, 0.25) is 0 Å². The normalized spacial score (nSPS) is 22.9. The first-order valence-electron chi connectivity index (χ1n) is 13.9. The molecule has 1 aliphatic heterocycles. The van der Waals surface area contributed by atoms with Crippen LogP contribution in [0.5, 0.6) is 0 Å². The van der Waals surface area contributed by atoms with E-state index >= 15 is 0 Å². The van der Waals surface area contributed by atoms with Crippen molar-refractivity contribution in [3.8, 4) is 0 Å². The fraction of sp³-hybridized carbons (Fsp3) is 0.229. The molecular weight excluding hydrogens is 496 g/mol. The molecule has 1 saturated heterocycles. The van der Waals surface area contributed by atoms with Gasteiger partial charge in [0.25, 0.3) is 0 Å². The molecule has 198 valence electrons. The highest BCUT2D eigenvalue weighted by atomic mass is 16.2. The van der Waals surface area contributed by atoms with Gasteiger partial charge in [0.1, 0.15) is 6.04 Å². The molecule has 3 atom stereocenters. The summed E-state index contributed by atoms with van der Waals surface area (Å²) in [6.45, 7) is 3.89. The van der Waals surface area contributed by atoms with Gasteiger partial charge in [0, 0.05) is 23.9 Å². The van der Waals surface area contributed by atoms with Crippen molar-refractivity contribution in [2.45, 2.75) is 38.1 Å². The van der Waals surface area contributed by atoms with Crippen LogP contribution in [0.4, 0.5) is 5.69 Å². The lowest BCUT2D eigenvalue weighted by Gasteiger charge is -2.45. The zero-order valence-electron chi connectivity index (χ0n) is 22.5. The van der Waals surface area contributed by atoms with E-state index in [1.807, 2.05) is 86.6 Å². The Morgan fingerprint density at radius 3 is 1.60 bits per heavy atom. The van der Waals surface area contributed by atoms with Crippen LogP contribution in [-0.2, 0) is 20.8 Å². The molecule has 4 aliphatic rings. The fourth-order valence-corrected chi connectivity index (χ4v) is 7.36. The summed E-state index contributed by atoms with van der Waals surface area (Å²) < 4.78 is 0. The first-order valence-corrected chi connectivity index (χ1v) is 13.9. The Bertz CT molecular complexity index is 1540. The van der Waals surface area contributed by atoms with E-state index in [9.17, 15) is 14.4 Å². The Labute approximate surface area is 233 Å². The van der Waals surface area contributed by atoms with Gasteiger partial charge in [-0.1, -0.05) is 97.1 Å². The van der Waals surface area contributed by atoms with Crippen molar-refractivity contribution in [1.29, 1.82) is 0 Å². The van der Waals surface area contributed by atoms with Gasteiger partial charge < -0.3 is 5.32 Å². The maximum Gasteiger partial charge on any atom is 0.248 e. The molecule has 0 saturated carbocycles. The molecule has 4 aromatic rings. The second-order valence-electron chi connectivity index (χ2n) is 11.3. The van der Waals surface area contributed by atoms with E-state index in [1.165, 1.54) is 4.90 Å². The quantitative estimate of drug-likeness (QED) is 0.337. The van der Waals surface area contributed by atoms with E-state index < -0.39 is 17.9 Å². The third kappa shape index (κ3) is 3.57. The van der Waals surface area contributed by atoms with Crippen molar-refractivity contribution in [3.05, 3.63) is 136 Å².